The van der Waals surface area contributed by atoms with Gasteiger partial charge in [0.1, 0.15) is 6.67 Å². The summed E-state index contributed by atoms with van der Waals surface area (Å²) in [5.41, 5.74) is -0.595. The maximum atomic E-state index is 14.1. The van der Waals surface area contributed by atoms with E-state index in [1.54, 1.807) is 52.0 Å². The summed E-state index contributed by atoms with van der Waals surface area (Å²) >= 11 is 0. The monoisotopic (exact) mass is 562 g/mol. The number of anilines is 2. The average Bonchev–Trinajstić information content (AvgIpc) is 3.28. The fraction of sp³-hybridized carbons (Fsp3) is 0.355. The first-order valence-corrected chi connectivity index (χ1v) is 13.0. The van der Waals surface area contributed by atoms with E-state index in [-0.39, 0.29) is 17.8 Å². The third-order valence-corrected chi connectivity index (χ3v) is 7.91. The van der Waals surface area contributed by atoms with Crippen molar-refractivity contribution in [1.82, 2.24) is 0 Å². The van der Waals surface area contributed by atoms with Gasteiger partial charge in [0.25, 0.3) is 11.8 Å². The third-order valence-electron chi connectivity index (χ3n) is 7.91. The molecular formula is C31H34N2O8. The van der Waals surface area contributed by atoms with Gasteiger partial charge in [0.05, 0.1) is 25.6 Å². The summed E-state index contributed by atoms with van der Waals surface area (Å²) in [6.45, 7) is 14.1. The first kappa shape index (κ1) is 29.7. The molecule has 2 heterocycles. The molecule has 2 atom stereocenters. The van der Waals surface area contributed by atoms with Crippen LogP contribution in [0.25, 0.3) is 0 Å². The van der Waals surface area contributed by atoms with Crippen molar-refractivity contribution in [3.05, 3.63) is 82.0 Å². The lowest BCUT2D eigenvalue weighted by Gasteiger charge is -2.29. The molecule has 0 aromatic heterocycles. The van der Waals surface area contributed by atoms with Crippen molar-refractivity contribution < 1.29 is 38.9 Å². The van der Waals surface area contributed by atoms with E-state index < -0.39 is 47.8 Å². The number of nitrogens with zero attached hydrogens (tertiary/aromatic N) is 2. The SMILES string of the molecule is C=C(CC1(O)C(=O)N(CN2C(=O)C(O)(CC(=C)C(=O)OC)c3c(C)ccc(C)c32)c2c(C)ccc(C)c21)C(=O)OC. The molecule has 0 aliphatic carbocycles. The Morgan fingerprint density at radius 1 is 0.707 bits per heavy atom. The van der Waals surface area contributed by atoms with Gasteiger partial charge in [-0.2, -0.15) is 0 Å². The highest BCUT2D eigenvalue weighted by Crippen LogP contribution is 2.50. The second-order valence-electron chi connectivity index (χ2n) is 10.7. The van der Waals surface area contributed by atoms with Crippen LogP contribution in [0.2, 0.25) is 0 Å². The number of aryl methyl sites for hydroxylation is 4. The van der Waals surface area contributed by atoms with Gasteiger partial charge in [0, 0.05) is 35.1 Å². The standard InChI is InChI=1S/C31H34N2O8/c1-16-9-11-18(3)24-22(16)30(38,13-20(5)26(34)40-7)28(36)32(24)15-33-25-19(4)12-10-17(2)23(25)31(39,29(33)37)14-21(6)27(35)41-8/h9-12,38-39H,5-6,13-15H2,1-4,7-8H3. The highest BCUT2D eigenvalue weighted by molar-refractivity contribution is 6.13. The van der Waals surface area contributed by atoms with E-state index in [1.807, 2.05) is 0 Å². The molecule has 41 heavy (non-hydrogen) atoms. The normalized spacial score (nSPS) is 21.1. The molecule has 0 fully saturated rings. The molecule has 0 spiro atoms. The van der Waals surface area contributed by atoms with Crippen LogP contribution in [0.5, 0.6) is 0 Å². The first-order valence-electron chi connectivity index (χ1n) is 13.0. The molecule has 216 valence electrons. The van der Waals surface area contributed by atoms with Crippen molar-refractivity contribution in [3.8, 4) is 0 Å². The van der Waals surface area contributed by atoms with E-state index in [0.29, 0.717) is 44.8 Å². The molecule has 0 saturated heterocycles. The van der Waals surface area contributed by atoms with Crippen LogP contribution in [0.15, 0.2) is 48.6 Å². The highest BCUT2D eigenvalue weighted by Gasteiger charge is 2.56. The third kappa shape index (κ3) is 4.43. The minimum absolute atomic E-state index is 0.0955. The number of hydrogen-bond acceptors (Lipinski definition) is 8. The molecule has 2 N–H and O–H groups in total. The topological polar surface area (TPSA) is 134 Å². The van der Waals surface area contributed by atoms with Crippen LogP contribution in [0.1, 0.15) is 46.2 Å². The molecule has 2 aliphatic rings. The van der Waals surface area contributed by atoms with Gasteiger partial charge in [-0.15, -0.1) is 0 Å². The average molecular weight is 563 g/mol. The lowest BCUT2D eigenvalue weighted by Crippen LogP contribution is -2.49. The Hall–Kier alpha value is -4.28. The lowest BCUT2D eigenvalue weighted by molar-refractivity contribution is -0.140. The van der Waals surface area contributed by atoms with Crippen LogP contribution in [0.3, 0.4) is 0 Å². The molecule has 0 saturated carbocycles. The summed E-state index contributed by atoms with van der Waals surface area (Å²) in [6.07, 6.45) is -0.838. The van der Waals surface area contributed by atoms with E-state index in [9.17, 15) is 29.4 Å². The molecule has 0 bridgehead atoms. The Morgan fingerprint density at radius 3 is 1.34 bits per heavy atom. The zero-order chi connectivity index (χ0) is 30.6. The molecule has 2 amide bonds. The van der Waals surface area contributed by atoms with Crippen molar-refractivity contribution in [2.75, 3.05) is 30.7 Å². The molecule has 2 unspecified atom stereocenters. The Labute approximate surface area is 238 Å². The van der Waals surface area contributed by atoms with Crippen molar-refractivity contribution in [2.45, 2.75) is 51.7 Å². The van der Waals surface area contributed by atoms with Crippen molar-refractivity contribution in [1.29, 1.82) is 0 Å². The number of carbonyl (C=O) groups is 4. The minimum Gasteiger partial charge on any atom is -0.466 e. The molecule has 2 aromatic rings. The second kappa shape index (κ2) is 10.3. The van der Waals surface area contributed by atoms with Gasteiger partial charge >= 0.3 is 11.9 Å². The Bertz CT molecular complexity index is 1430. The zero-order valence-corrected chi connectivity index (χ0v) is 24.1. The van der Waals surface area contributed by atoms with Gasteiger partial charge < -0.3 is 19.7 Å². The highest BCUT2D eigenvalue weighted by atomic mass is 16.5. The predicted octanol–water partition coefficient (Wildman–Crippen LogP) is 2.88. The molecule has 10 nitrogen and oxygen atoms in total. The van der Waals surface area contributed by atoms with Gasteiger partial charge in [-0.1, -0.05) is 37.4 Å². The molecule has 10 heteroatoms. The number of aliphatic hydroxyl groups is 2. The number of carbonyl (C=O) groups excluding carboxylic acids is 4. The van der Waals surface area contributed by atoms with Gasteiger partial charge in [-0.3, -0.25) is 19.4 Å². The van der Waals surface area contributed by atoms with Gasteiger partial charge in [-0.05, 0) is 49.9 Å². The number of hydrogen-bond donors (Lipinski definition) is 2. The number of esters is 2. The maximum Gasteiger partial charge on any atom is 0.333 e. The molecule has 4 rings (SSSR count). The van der Waals surface area contributed by atoms with Crippen molar-refractivity contribution in [3.63, 3.8) is 0 Å². The van der Waals surface area contributed by atoms with Gasteiger partial charge in [0.2, 0.25) is 0 Å². The van der Waals surface area contributed by atoms with E-state index >= 15 is 0 Å². The summed E-state index contributed by atoms with van der Waals surface area (Å²) in [5, 5.41) is 23.7. The second-order valence-corrected chi connectivity index (χ2v) is 10.7. The first-order chi connectivity index (χ1) is 19.1. The van der Waals surface area contributed by atoms with Crippen LogP contribution in [-0.4, -0.2) is 54.9 Å². The van der Waals surface area contributed by atoms with Gasteiger partial charge in [0.15, 0.2) is 11.2 Å². The molecular weight excluding hydrogens is 528 g/mol. The maximum absolute atomic E-state index is 14.1. The lowest BCUT2D eigenvalue weighted by atomic mass is 9.85. The summed E-state index contributed by atoms with van der Waals surface area (Å²) < 4.78 is 9.48. The number of amides is 2. The van der Waals surface area contributed by atoms with Crippen LogP contribution < -0.4 is 9.80 Å². The number of fused-ring (bicyclic) bond motifs is 2. The van der Waals surface area contributed by atoms with Crippen LogP contribution >= 0.6 is 0 Å². The number of rotatable bonds is 8. The fourth-order valence-electron chi connectivity index (χ4n) is 5.99. The number of benzene rings is 2. The smallest absolute Gasteiger partial charge is 0.333 e. The van der Waals surface area contributed by atoms with Crippen LogP contribution in [-0.2, 0) is 39.9 Å². The summed E-state index contributed by atoms with van der Waals surface area (Å²) in [4.78, 5) is 55.0. The quantitative estimate of drug-likeness (QED) is 0.371. The zero-order valence-electron chi connectivity index (χ0n) is 24.1. The fourth-order valence-corrected chi connectivity index (χ4v) is 5.99. The Balaban J connectivity index is 1.85. The number of methoxy groups -OCH3 is 2. The Morgan fingerprint density at radius 2 is 1.02 bits per heavy atom. The molecule has 0 radical (unpaired) electrons. The minimum atomic E-state index is -2.15. The molecule has 2 aliphatic heterocycles. The van der Waals surface area contributed by atoms with E-state index in [1.165, 1.54) is 24.0 Å². The van der Waals surface area contributed by atoms with Crippen LogP contribution in [0, 0.1) is 27.7 Å². The summed E-state index contributed by atoms with van der Waals surface area (Å²) in [7, 11) is 2.36. The van der Waals surface area contributed by atoms with E-state index in [4.69, 9.17) is 9.47 Å². The van der Waals surface area contributed by atoms with Crippen LogP contribution in [0.4, 0.5) is 11.4 Å². The van der Waals surface area contributed by atoms with Crippen molar-refractivity contribution >= 4 is 35.1 Å². The summed E-state index contributed by atoms with van der Waals surface area (Å²) in [6, 6.07) is 7.11. The Kier molecular flexibility index (Phi) is 7.45. The molecule has 2 aromatic carbocycles. The summed E-state index contributed by atoms with van der Waals surface area (Å²) in [5.74, 6) is -3.04. The predicted molar refractivity (Wildman–Crippen MR) is 151 cm³/mol. The van der Waals surface area contributed by atoms with Gasteiger partial charge in [-0.25, -0.2) is 9.59 Å². The largest absolute Gasteiger partial charge is 0.466 e. The van der Waals surface area contributed by atoms with Crippen molar-refractivity contribution in [2.24, 2.45) is 0 Å². The number of ether oxygens (including phenoxy) is 2. The van der Waals surface area contributed by atoms with E-state index in [0.717, 1.165) is 0 Å². The van der Waals surface area contributed by atoms with E-state index in [2.05, 4.69) is 13.2 Å².